The van der Waals surface area contributed by atoms with Gasteiger partial charge in [0.25, 0.3) is 0 Å². The number of carbonyl (C=O) groups is 1. The maximum absolute atomic E-state index is 12.8. The van der Waals surface area contributed by atoms with E-state index < -0.39 is 5.25 Å². The highest BCUT2D eigenvalue weighted by atomic mass is 32.2. The molecule has 2 heterocycles. The van der Waals surface area contributed by atoms with Gasteiger partial charge in [0.2, 0.25) is 5.91 Å². The number of benzene rings is 2. The van der Waals surface area contributed by atoms with Gasteiger partial charge in [0.1, 0.15) is 11.1 Å². The Morgan fingerprint density at radius 1 is 1.10 bits per heavy atom. The first kappa shape index (κ1) is 19.1. The van der Waals surface area contributed by atoms with Crippen molar-refractivity contribution in [1.82, 2.24) is 9.97 Å². The van der Waals surface area contributed by atoms with Crippen LogP contribution in [0.2, 0.25) is 0 Å². The molecule has 1 N–H and O–H groups in total. The van der Waals surface area contributed by atoms with Gasteiger partial charge in [0.05, 0.1) is 26.9 Å². The maximum atomic E-state index is 12.8. The zero-order chi connectivity index (χ0) is 20.2. The third-order valence-electron chi connectivity index (χ3n) is 4.27. The average molecular weight is 417 g/mol. The van der Waals surface area contributed by atoms with Crippen molar-refractivity contribution in [1.29, 1.82) is 5.26 Å². The Balaban J connectivity index is 1.63. The van der Waals surface area contributed by atoms with Crippen molar-refractivity contribution in [3.63, 3.8) is 0 Å². The molecule has 1 atom stereocenters. The molecule has 0 saturated carbocycles. The second kappa shape index (κ2) is 8.43. The van der Waals surface area contributed by atoms with E-state index in [2.05, 4.69) is 16.4 Å². The zero-order valence-electron chi connectivity index (χ0n) is 15.5. The summed E-state index contributed by atoms with van der Waals surface area (Å²) in [6.45, 7) is 1.83. The third-order valence-corrected chi connectivity index (χ3v) is 6.24. The van der Waals surface area contributed by atoms with Crippen molar-refractivity contribution in [3.8, 4) is 16.8 Å². The first-order valence-electron chi connectivity index (χ1n) is 8.93. The van der Waals surface area contributed by atoms with Crippen LogP contribution in [0.4, 0.5) is 5.69 Å². The van der Waals surface area contributed by atoms with Crippen molar-refractivity contribution in [2.24, 2.45) is 0 Å². The van der Waals surface area contributed by atoms with Crippen molar-refractivity contribution in [3.05, 3.63) is 71.6 Å². The number of amides is 1. The molecule has 0 bridgehead atoms. The van der Waals surface area contributed by atoms with Gasteiger partial charge in [-0.2, -0.15) is 5.26 Å². The van der Waals surface area contributed by atoms with Gasteiger partial charge in [-0.15, -0.1) is 11.3 Å². The van der Waals surface area contributed by atoms with Crippen LogP contribution >= 0.6 is 23.1 Å². The van der Waals surface area contributed by atoms with Crippen LogP contribution in [-0.4, -0.2) is 21.1 Å². The Labute approximate surface area is 176 Å². The first-order valence-corrected chi connectivity index (χ1v) is 10.7. The molecule has 142 valence electrons. The molecule has 4 aromatic rings. The lowest BCUT2D eigenvalue weighted by Gasteiger charge is -2.14. The molecule has 0 aliphatic heterocycles. The average Bonchev–Trinajstić information content (AvgIpc) is 3.29. The van der Waals surface area contributed by atoms with E-state index in [9.17, 15) is 10.1 Å². The van der Waals surface area contributed by atoms with Crippen molar-refractivity contribution in [2.45, 2.75) is 17.2 Å². The fraction of sp³-hybridized carbons (Fsp3) is 0.0909. The van der Waals surface area contributed by atoms with Crippen LogP contribution in [-0.2, 0) is 4.79 Å². The topological polar surface area (TPSA) is 78.7 Å². The first-order chi connectivity index (χ1) is 14.2. The van der Waals surface area contributed by atoms with Gasteiger partial charge in [0, 0.05) is 5.39 Å². The van der Waals surface area contributed by atoms with E-state index in [1.165, 1.54) is 11.8 Å². The smallest absolute Gasteiger partial charge is 0.237 e. The number of para-hydroxylation sites is 2. The summed E-state index contributed by atoms with van der Waals surface area (Å²) in [4.78, 5) is 23.1. The number of nitriles is 1. The highest BCUT2D eigenvalue weighted by molar-refractivity contribution is 8.00. The zero-order valence-corrected chi connectivity index (χ0v) is 17.1. The Hall–Kier alpha value is -3.21. The molecule has 2 aromatic heterocycles. The van der Waals surface area contributed by atoms with Gasteiger partial charge in [0.15, 0.2) is 5.82 Å². The van der Waals surface area contributed by atoms with Crippen molar-refractivity contribution in [2.75, 3.05) is 5.32 Å². The highest BCUT2D eigenvalue weighted by Crippen LogP contribution is 2.32. The number of aromatic nitrogens is 2. The Bertz CT molecular complexity index is 1220. The summed E-state index contributed by atoms with van der Waals surface area (Å²) >= 11 is 2.96. The van der Waals surface area contributed by atoms with Gasteiger partial charge in [-0.3, -0.25) is 4.79 Å². The number of hydrogen-bond donors (Lipinski definition) is 1. The number of hydrogen-bond acceptors (Lipinski definition) is 6. The molecule has 5 nitrogen and oxygen atoms in total. The van der Waals surface area contributed by atoms with E-state index >= 15 is 0 Å². The lowest BCUT2D eigenvalue weighted by Crippen LogP contribution is -2.23. The van der Waals surface area contributed by atoms with Crippen LogP contribution < -0.4 is 5.32 Å². The molecule has 7 heteroatoms. The van der Waals surface area contributed by atoms with Gasteiger partial charge in [-0.1, -0.05) is 48.2 Å². The van der Waals surface area contributed by atoms with E-state index in [0.29, 0.717) is 17.1 Å². The van der Waals surface area contributed by atoms with Crippen LogP contribution in [0.15, 0.2) is 71.1 Å². The predicted octanol–water partition coefficient (Wildman–Crippen LogP) is 5.35. The second-order valence-corrected chi connectivity index (χ2v) is 8.53. The van der Waals surface area contributed by atoms with Crippen LogP contribution in [0.1, 0.15) is 12.5 Å². The number of rotatable bonds is 5. The van der Waals surface area contributed by atoms with Crippen LogP contribution in [0.5, 0.6) is 0 Å². The summed E-state index contributed by atoms with van der Waals surface area (Å²) in [6, 6.07) is 20.8. The van der Waals surface area contributed by atoms with Gasteiger partial charge in [-0.25, -0.2) is 9.97 Å². The number of thioether (sulfide) groups is 1. The molecule has 0 saturated heterocycles. The second-order valence-electron chi connectivity index (χ2n) is 6.25. The number of nitrogens with zero attached hydrogens (tertiary/aromatic N) is 3. The van der Waals surface area contributed by atoms with Crippen molar-refractivity contribution >= 4 is 45.6 Å². The molecule has 1 amide bonds. The van der Waals surface area contributed by atoms with E-state index in [-0.39, 0.29) is 5.91 Å². The molecular weight excluding hydrogens is 400 g/mol. The van der Waals surface area contributed by atoms with Gasteiger partial charge >= 0.3 is 0 Å². The molecule has 0 fully saturated rings. The summed E-state index contributed by atoms with van der Waals surface area (Å²) in [5, 5.41) is 15.3. The summed E-state index contributed by atoms with van der Waals surface area (Å²) < 4.78 is 0. The molecule has 29 heavy (non-hydrogen) atoms. The van der Waals surface area contributed by atoms with E-state index in [1.807, 2.05) is 48.7 Å². The fourth-order valence-electron chi connectivity index (χ4n) is 2.80. The van der Waals surface area contributed by atoms with Gasteiger partial charge < -0.3 is 5.32 Å². The number of fused-ring (bicyclic) bond motifs is 1. The molecule has 1 unspecified atom stereocenters. The molecule has 0 spiro atoms. The molecule has 4 rings (SSSR count). The summed E-state index contributed by atoms with van der Waals surface area (Å²) in [6.07, 6.45) is 0. The quantitative estimate of drug-likeness (QED) is 0.350. The highest BCUT2D eigenvalue weighted by Gasteiger charge is 2.19. The predicted molar refractivity (Wildman–Crippen MR) is 118 cm³/mol. The number of thiophene rings is 1. The number of anilines is 1. The lowest BCUT2D eigenvalue weighted by atomic mass is 10.2. The van der Waals surface area contributed by atoms with E-state index in [1.54, 1.807) is 35.6 Å². The standard InChI is InChI=1S/C22H16N4OS2/c1-14(21(27)25-17-9-4-2-7-15(17)13-23)29-22-16-8-3-5-10-18(16)24-20(26-22)19-11-6-12-28-19/h2-12,14H,1H3,(H,25,27). The summed E-state index contributed by atoms with van der Waals surface area (Å²) in [7, 11) is 0. The van der Waals surface area contributed by atoms with Crippen LogP contribution in [0, 0.1) is 11.3 Å². The lowest BCUT2D eigenvalue weighted by molar-refractivity contribution is -0.115. The SMILES string of the molecule is CC(Sc1nc(-c2cccs2)nc2ccccc12)C(=O)Nc1ccccc1C#N. The molecule has 2 aromatic carbocycles. The largest absolute Gasteiger partial charge is 0.324 e. The van der Waals surface area contributed by atoms with Crippen LogP contribution in [0.25, 0.3) is 21.6 Å². The Kier molecular flexibility index (Phi) is 5.56. The minimum Gasteiger partial charge on any atom is -0.324 e. The van der Waals surface area contributed by atoms with Gasteiger partial charge in [-0.05, 0) is 36.6 Å². The maximum Gasteiger partial charge on any atom is 0.237 e. The van der Waals surface area contributed by atoms with Crippen LogP contribution in [0.3, 0.4) is 0 Å². The van der Waals surface area contributed by atoms with Crippen molar-refractivity contribution < 1.29 is 4.79 Å². The Morgan fingerprint density at radius 3 is 2.69 bits per heavy atom. The van der Waals surface area contributed by atoms with E-state index in [0.717, 1.165) is 20.8 Å². The van der Waals surface area contributed by atoms with E-state index in [4.69, 9.17) is 4.98 Å². The molecule has 0 aliphatic rings. The monoisotopic (exact) mass is 416 g/mol. The minimum absolute atomic E-state index is 0.182. The normalized spacial score (nSPS) is 11.7. The Morgan fingerprint density at radius 2 is 1.90 bits per heavy atom. The number of carbonyl (C=O) groups excluding carboxylic acids is 1. The third kappa shape index (κ3) is 4.14. The summed E-state index contributed by atoms with van der Waals surface area (Å²) in [5.74, 6) is 0.474. The number of nitrogens with one attached hydrogen (secondary N) is 1. The fourth-order valence-corrected chi connectivity index (χ4v) is 4.40. The molecule has 0 radical (unpaired) electrons. The molecular formula is C22H16N4OS2. The minimum atomic E-state index is -0.406. The summed E-state index contributed by atoms with van der Waals surface area (Å²) in [5.41, 5.74) is 1.79. The molecule has 0 aliphatic carbocycles.